The maximum atomic E-state index is 12.9. The second kappa shape index (κ2) is 6.96. The van der Waals surface area contributed by atoms with E-state index in [0.29, 0.717) is 18.5 Å². The van der Waals surface area contributed by atoms with E-state index < -0.39 is 0 Å². The fourth-order valence-corrected chi connectivity index (χ4v) is 4.10. The third-order valence-electron chi connectivity index (χ3n) is 5.61. The normalized spacial score (nSPS) is 21.2. The number of benzene rings is 1. The molecule has 1 aliphatic carbocycles. The Balaban J connectivity index is 1.35. The summed E-state index contributed by atoms with van der Waals surface area (Å²) in [5, 5.41) is 8.24. The minimum Gasteiger partial charge on any atom is -0.342 e. The first kappa shape index (κ1) is 16.3. The topological polar surface area (TPSA) is 77.0 Å². The Hall–Kier alpha value is -2.21. The van der Waals surface area contributed by atoms with Crippen LogP contribution in [-0.4, -0.2) is 38.9 Å². The summed E-state index contributed by atoms with van der Waals surface area (Å²) in [5.41, 5.74) is 9.18. The summed E-state index contributed by atoms with van der Waals surface area (Å²) in [4.78, 5) is 15.0. The molecule has 0 spiro atoms. The highest BCUT2D eigenvalue weighted by Gasteiger charge is 2.31. The third-order valence-corrected chi connectivity index (χ3v) is 5.61. The quantitative estimate of drug-likeness (QED) is 0.923. The van der Waals surface area contributed by atoms with Crippen LogP contribution in [0.3, 0.4) is 0 Å². The highest BCUT2D eigenvalue weighted by molar-refractivity contribution is 5.79. The zero-order valence-corrected chi connectivity index (χ0v) is 14.5. The second-order valence-corrected chi connectivity index (χ2v) is 7.16. The minimum absolute atomic E-state index is 0.140. The third kappa shape index (κ3) is 3.31. The Labute approximate surface area is 148 Å². The smallest absolute Gasteiger partial charge is 0.226 e. The molecule has 0 bridgehead atoms. The van der Waals surface area contributed by atoms with Gasteiger partial charge in [-0.05, 0) is 43.2 Å². The molecule has 1 aromatic carbocycles. The average molecular weight is 339 g/mol. The summed E-state index contributed by atoms with van der Waals surface area (Å²) in [7, 11) is 0. The van der Waals surface area contributed by atoms with E-state index in [-0.39, 0.29) is 5.92 Å². The maximum Gasteiger partial charge on any atom is 0.226 e. The molecule has 1 aliphatic heterocycles. The van der Waals surface area contributed by atoms with Crippen LogP contribution in [0.2, 0.25) is 0 Å². The molecule has 0 unspecified atom stereocenters. The van der Waals surface area contributed by atoms with Gasteiger partial charge < -0.3 is 10.6 Å². The van der Waals surface area contributed by atoms with E-state index in [1.807, 2.05) is 10.9 Å². The van der Waals surface area contributed by atoms with E-state index in [9.17, 15) is 4.79 Å². The number of piperidine rings is 1. The Morgan fingerprint density at radius 1 is 1.16 bits per heavy atom. The molecule has 4 rings (SSSR count). The molecule has 1 aromatic heterocycles. The van der Waals surface area contributed by atoms with E-state index in [4.69, 9.17) is 5.73 Å². The first-order valence-electron chi connectivity index (χ1n) is 9.21. The van der Waals surface area contributed by atoms with Crippen molar-refractivity contribution in [3.05, 3.63) is 47.3 Å². The van der Waals surface area contributed by atoms with Gasteiger partial charge in [0.1, 0.15) is 0 Å². The lowest BCUT2D eigenvalue weighted by Crippen LogP contribution is -2.43. The van der Waals surface area contributed by atoms with Gasteiger partial charge >= 0.3 is 0 Å². The zero-order chi connectivity index (χ0) is 17.2. The number of nitrogens with two attached hydrogens (primary N) is 1. The fourth-order valence-electron chi connectivity index (χ4n) is 4.10. The number of hydrogen-bond acceptors (Lipinski definition) is 4. The van der Waals surface area contributed by atoms with E-state index in [2.05, 4.69) is 39.5 Å². The molecule has 2 heterocycles. The van der Waals surface area contributed by atoms with Crippen LogP contribution in [-0.2, 0) is 24.2 Å². The number of fused-ring (bicyclic) bond motifs is 1. The molecule has 0 radical (unpaired) electrons. The van der Waals surface area contributed by atoms with Crippen molar-refractivity contribution in [3.8, 4) is 0 Å². The van der Waals surface area contributed by atoms with Crippen LogP contribution in [0.1, 0.15) is 42.1 Å². The van der Waals surface area contributed by atoms with Gasteiger partial charge in [0.05, 0.1) is 17.9 Å². The summed E-state index contributed by atoms with van der Waals surface area (Å²) in [6.45, 7) is 2.03. The first-order valence-corrected chi connectivity index (χ1v) is 9.21. The number of aromatic nitrogens is 3. The first-order chi connectivity index (χ1) is 12.2. The van der Waals surface area contributed by atoms with E-state index in [1.54, 1.807) is 0 Å². The Morgan fingerprint density at radius 2 is 1.92 bits per heavy atom. The zero-order valence-electron chi connectivity index (χ0n) is 14.5. The summed E-state index contributed by atoms with van der Waals surface area (Å²) < 4.78 is 1.92. The maximum absolute atomic E-state index is 12.9. The average Bonchev–Trinajstić information content (AvgIpc) is 3.16. The van der Waals surface area contributed by atoms with Crippen LogP contribution in [0.5, 0.6) is 0 Å². The molecular formula is C19H25N5O. The molecule has 1 amide bonds. The number of likely N-dealkylation sites (tertiary alicyclic amines) is 1. The van der Waals surface area contributed by atoms with E-state index in [0.717, 1.165) is 50.9 Å². The lowest BCUT2D eigenvalue weighted by atomic mass is 9.83. The monoisotopic (exact) mass is 339 g/mol. The van der Waals surface area contributed by atoms with Gasteiger partial charge in [-0.2, -0.15) is 0 Å². The van der Waals surface area contributed by atoms with Crippen LogP contribution in [0.4, 0.5) is 0 Å². The molecule has 6 heteroatoms. The van der Waals surface area contributed by atoms with Crippen molar-refractivity contribution >= 4 is 5.91 Å². The lowest BCUT2D eigenvalue weighted by molar-refractivity contribution is -0.137. The number of amides is 1. The molecule has 6 nitrogen and oxygen atoms in total. The fraction of sp³-hybridized carbons (Fsp3) is 0.526. The molecule has 2 aliphatic rings. The van der Waals surface area contributed by atoms with Gasteiger partial charge in [-0.3, -0.25) is 4.79 Å². The van der Waals surface area contributed by atoms with Crippen LogP contribution in [0.15, 0.2) is 30.5 Å². The van der Waals surface area contributed by atoms with Gasteiger partial charge in [-0.1, -0.05) is 29.5 Å². The molecule has 1 saturated heterocycles. The second-order valence-electron chi connectivity index (χ2n) is 7.16. The van der Waals surface area contributed by atoms with Crippen molar-refractivity contribution in [2.75, 3.05) is 13.1 Å². The molecule has 2 aromatic rings. The number of rotatable bonds is 3. The predicted octanol–water partition coefficient (Wildman–Crippen LogP) is 1.71. The predicted molar refractivity (Wildman–Crippen MR) is 94.7 cm³/mol. The van der Waals surface area contributed by atoms with Crippen molar-refractivity contribution in [2.24, 2.45) is 11.7 Å². The summed E-state index contributed by atoms with van der Waals surface area (Å²) >= 11 is 0. The van der Waals surface area contributed by atoms with Gasteiger partial charge in [0, 0.05) is 25.6 Å². The van der Waals surface area contributed by atoms with Gasteiger partial charge in [0.25, 0.3) is 0 Å². The molecule has 2 N–H and O–H groups in total. The van der Waals surface area contributed by atoms with Crippen molar-refractivity contribution < 1.29 is 4.79 Å². The van der Waals surface area contributed by atoms with E-state index in [1.165, 1.54) is 11.1 Å². The summed E-state index contributed by atoms with van der Waals surface area (Å²) in [6, 6.07) is 8.84. The highest BCUT2D eigenvalue weighted by atomic mass is 16.2. The Morgan fingerprint density at radius 3 is 2.64 bits per heavy atom. The van der Waals surface area contributed by atoms with Crippen LogP contribution in [0, 0.1) is 5.92 Å². The minimum atomic E-state index is 0.140. The van der Waals surface area contributed by atoms with Gasteiger partial charge in [-0.25, -0.2) is 4.68 Å². The number of carbonyl (C=O) groups is 1. The molecule has 1 atom stereocenters. The summed E-state index contributed by atoms with van der Waals surface area (Å²) in [5.74, 6) is 0.468. The number of aryl methyl sites for hydroxylation is 1. The Kier molecular flexibility index (Phi) is 4.53. The largest absolute Gasteiger partial charge is 0.342 e. The van der Waals surface area contributed by atoms with Gasteiger partial charge in [0.15, 0.2) is 0 Å². The molecule has 25 heavy (non-hydrogen) atoms. The molecule has 132 valence electrons. The van der Waals surface area contributed by atoms with Crippen LogP contribution < -0.4 is 5.73 Å². The van der Waals surface area contributed by atoms with Crippen molar-refractivity contribution in [1.82, 2.24) is 19.9 Å². The number of hydrogen-bond donors (Lipinski definition) is 1. The number of carbonyl (C=O) groups excluding carboxylic acids is 1. The van der Waals surface area contributed by atoms with Crippen LogP contribution in [0.25, 0.3) is 0 Å². The highest BCUT2D eigenvalue weighted by Crippen LogP contribution is 2.29. The van der Waals surface area contributed by atoms with Crippen molar-refractivity contribution in [3.63, 3.8) is 0 Å². The summed E-state index contributed by atoms with van der Waals surface area (Å²) in [6.07, 6.45) is 6.67. The molecule has 1 fully saturated rings. The van der Waals surface area contributed by atoms with Crippen molar-refractivity contribution in [2.45, 2.75) is 44.7 Å². The Bertz CT molecular complexity index is 748. The van der Waals surface area contributed by atoms with Gasteiger partial charge in [-0.15, -0.1) is 5.10 Å². The van der Waals surface area contributed by atoms with Crippen LogP contribution >= 0.6 is 0 Å². The standard InChI is InChI=1S/C19H25N5O/c20-12-17-13-24(22-21-17)18-7-9-23(10-8-18)19(25)16-6-5-14-3-1-2-4-15(14)11-16/h1-4,13,16,18H,5-12,20H2/t16-/m0/s1. The van der Waals surface area contributed by atoms with Crippen molar-refractivity contribution in [1.29, 1.82) is 0 Å². The molecule has 0 saturated carbocycles. The molecular weight excluding hydrogens is 314 g/mol. The lowest BCUT2D eigenvalue weighted by Gasteiger charge is -2.35. The number of nitrogens with zero attached hydrogens (tertiary/aromatic N) is 4. The van der Waals surface area contributed by atoms with E-state index >= 15 is 0 Å². The SMILES string of the molecule is NCc1cn(C2CCN(C(=O)[C@H]3CCc4ccccc4C3)CC2)nn1. The van der Waals surface area contributed by atoms with Gasteiger partial charge in [0.2, 0.25) is 5.91 Å².